The van der Waals surface area contributed by atoms with Crippen molar-refractivity contribution in [3.05, 3.63) is 0 Å². The largest absolute Gasteiger partial charge is 0.466 e. The molecule has 0 aliphatic rings. The molecule has 0 aromatic rings. The summed E-state index contributed by atoms with van der Waals surface area (Å²) >= 11 is 0. The van der Waals surface area contributed by atoms with Crippen molar-refractivity contribution in [1.82, 2.24) is 10.2 Å². The lowest BCUT2D eigenvalue weighted by atomic mass is 10.2. The molecule has 0 aliphatic heterocycles. The molecule has 1 atom stereocenters. The van der Waals surface area contributed by atoms with Gasteiger partial charge in [-0.05, 0) is 46.3 Å². The zero-order chi connectivity index (χ0) is 14.5. The topological polar surface area (TPSA) is 41.6 Å². The van der Waals surface area contributed by atoms with Crippen molar-refractivity contribution < 1.29 is 9.53 Å². The third kappa shape index (κ3) is 11.0. The average Bonchev–Trinajstić information content (AvgIpc) is 2.40. The lowest BCUT2D eigenvalue weighted by Gasteiger charge is -2.23. The van der Waals surface area contributed by atoms with Crippen molar-refractivity contribution in [2.45, 2.75) is 59.4 Å². The first-order chi connectivity index (χ1) is 9.13. The summed E-state index contributed by atoms with van der Waals surface area (Å²) in [4.78, 5) is 13.6. The highest BCUT2D eigenvalue weighted by Crippen LogP contribution is 2.01. The number of likely N-dealkylation sites (N-methyl/N-ethyl adjacent to an activating group) is 1. The van der Waals surface area contributed by atoms with E-state index in [0.717, 1.165) is 45.4 Å². The number of hydrogen-bond donors (Lipinski definition) is 1. The number of nitrogens with zero attached hydrogens (tertiary/aromatic N) is 1. The number of nitrogens with one attached hydrogen (secondary N) is 1. The van der Waals surface area contributed by atoms with Gasteiger partial charge in [0.2, 0.25) is 0 Å². The highest BCUT2D eigenvalue weighted by atomic mass is 16.5. The van der Waals surface area contributed by atoms with Crippen LogP contribution in [0.5, 0.6) is 0 Å². The van der Waals surface area contributed by atoms with Gasteiger partial charge in [-0.3, -0.25) is 4.79 Å². The van der Waals surface area contributed by atoms with Crippen LogP contribution in [0.15, 0.2) is 0 Å². The molecular weight excluding hydrogens is 240 g/mol. The summed E-state index contributed by atoms with van der Waals surface area (Å²) in [6.45, 7) is 13.3. The Morgan fingerprint density at radius 2 is 1.84 bits per heavy atom. The Hall–Kier alpha value is -0.610. The van der Waals surface area contributed by atoms with Gasteiger partial charge >= 0.3 is 5.97 Å². The first-order valence-electron chi connectivity index (χ1n) is 7.75. The standard InChI is InChI=1S/C15H32N2O2/c1-5-17(6-2)13-14(4)16-12-10-8-9-11-15(18)19-7-3/h14,16H,5-13H2,1-4H3. The lowest BCUT2D eigenvalue weighted by molar-refractivity contribution is -0.143. The number of ether oxygens (including phenoxy) is 1. The van der Waals surface area contributed by atoms with E-state index in [2.05, 4.69) is 31.0 Å². The van der Waals surface area contributed by atoms with Gasteiger partial charge in [0, 0.05) is 19.0 Å². The highest BCUT2D eigenvalue weighted by molar-refractivity contribution is 5.69. The van der Waals surface area contributed by atoms with Gasteiger partial charge in [-0.25, -0.2) is 0 Å². The molecule has 0 rings (SSSR count). The molecule has 0 radical (unpaired) electrons. The maximum absolute atomic E-state index is 11.1. The van der Waals surface area contributed by atoms with Crippen LogP contribution in [-0.2, 0) is 9.53 Å². The Morgan fingerprint density at radius 1 is 1.16 bits per heavy atom. The molecule has 1 unspecified atom stereocenters. The number of rotatable bonds is 12. The molecule has 0 spiro atoms. The third-order valence-corrected chi connectivity index (χ3v) is 3.28. The van der Waals surface area contributed by atoms with Gasteiger partial charge in [0.15, 0.2) is 0 Å². The average molecular weight is 272 g/mol. The Balaban J connectivity index is 3.41. The maximum Gasteiger partial charge on any atom is 0.305 e. The van der Waals surface area contributed by atoms with Gasteiger partial charge in [-0.15, -0.1) is 0 Å². The van der Waals surface area contributed by atoms with Crippen LogP contribution < -0.4 is 5.32 Å². The predicted octanol–water partition coefficient (Wildman–Crippen LogP) is 2.43. The number of carbonyl (C=O) groups excluding carboxylic acids is 1. The van der Waals surface area contributed by atoms with Crippen molar-refractivity contribution >= 4 is 5.97 Å². The molecule has 0 saturated heterocycles. The molecule has 0 aromatic heterocycles. The molecule has 0 aromatic carbocycles. The van der Waals surface area contributed by atoms with E-state index in [-0.39, 0.29) is 5.97 Å². The minimum Gasteiger partial charge on any atom is -0.466 e. The monoisotopic (exact) mass is 272 g/mol. The van der Waals surface area contributed by atoms with Crippen LogP contribution >= 0.6 is 0 Å². The van der Waals surface area contributed by atoms with Crippen LogP contribution in [0.2, 0.25) is 0 Å². The normalized spacial score (nSPS) is 12.7. The van der Waals surface area contributed by atoms with Crippen molar-refractivity contribution in [1.29, 1.82) is 0 Å². The van der Waals surface area contributed by atoms with Crippen LogP contribution in [0.3, 0.4) is 0 Å². The van der Waals surface area contributed by atoms with E-state index in [1.54, 1.807) is 0 Å². The van der Waals surface area contributed by atoms with E-state index in [4.69, 9.17) is 4.74 Å². The highest BCUT2D eigenvalue weighted by Gasteiger charge is 2.06. The summed E-state index contributed by atoms with van der Waals surface area (Å²) in [6.07, 6.45) is 3.71. The third-order valence-electron chi connectivity index (χ3n) is 3.28. The molecule has 114 valence electrons. The van der Waals surface area contributed by atoms with Gasteiger partial charge in [0.05, 0.1) is 6.61 Å². The Kier molecular flexibility index (Phi) is 12.0. The van der Waals surface area contributed by atoms with Crippen LogP contribution in [0, 0.1) is 0 Å². The maximum atomic E-state index is 11.1. The van der Waals surface area contributed by atoms with E-state index < -0.39 is 0 Å². The van der Waals surface area contributed by atoms with E-state index in [1.165, 1.54) is 0 Å². The van der Waals surface area contributed by atoms with E-state index >= 15 is 0 Å². The summed E-state index contributed by atoms with van der Waals surface area (Å²) in [6, 6.07) is 0.532. The zero-order valence-electron chi connectivity index (χ0n) is 13.2. The van der Waals surface area contributed by atoms with Crippen LogP contribution in [-0.4, -0.2) is 49.7 Å². The summed E-state index contributed by atoms with van der Waals surface area (Å²) in [5.41, 5.74) is 0. The Morgan fingerprint density at radius 3 is 2.42 bits per heavy atom. The smallest absolute Gasteiger partial charge is 0.305 e. The second-order valence-corrected chi connectivity index (χ2v) is 4.96. The summed E-state index contributed by atoms with van der Waals surface area (Å²) in [5, 5.41) is 3.54. The first kappa shape index (κ1) is 18.4. The minimum atomic E-state index is -0.0645. The van der Waals surface area contributed by atoms with Gasteiger partial charge in [-0.1, -0.05) is 20.3 Å². The fraction of sp³-hybridized carbons (Fsp3) is 0.933. The summed E-state index contributed by atoms with van der Waals surface area (Å²) in [7, 11) is 0. The second-order valence-electron chi connectivity index (χ2n) is 4.96. The lowest BCUT2D eigenvalue weighted by Crippen LogP contribution is -2.39. The van der Waals surface area contributed by atoms with Gasteiger partial charge in [0.1, 0.15) is 0 Å². The number of carbonyl (C=O) groups is 1. The van der Waals surface area contributed by atoms with Crippen molar-refractivity contribution in [3.8, 4) is 0 Å². The van der Waals surface area contributed by atoms with Crippen LogP contribution in [0.4, 0.5) is 0 Å². The van der Waals surface area contributed by atoms with Crippen molar-refractivity contribution in [3.63, 3.8) is 0 Å². The predicted molar refractivity (Wildman–Crippen MR) is 80.4 cm³/mol. The summed E-state index contributed by atoms with van der Waals surface area (Å²) in [5.74, 6) is -0.0645. The van der Waals surface area contributed by atoms with Gasteiger partial charge in [-0.2, -0.15) is 0 Å². The fourth-order valence-electron chi connectivity index (χ4n) is 2.09. The fourth-order valence-corrected chi connectivity index (χ4v) is 2.09. The molecule has 1 N–H and O–H groups in total. The minimum absolute atomic E-state index is 0.0645. The van der Waals surface area contributed by atoms with E-state index in [1.807, 2.05) is 6.92 Å². The molecule has 0 amide bonds. The Bertz CT molecular complexity index is 218. The Labute approximate surface area is 118 Å². The molecule has 0 heterocycles. The molecule has 0 bridgehead atoms. The van der Waals surface area contributed by atoms with Crippen LogP contribution in [0.1, 0.15) is 53.4 Å². The van der Waals surface area contributed by atoms with Crippen molar-refractivity contribution in [2.24, 2.45) is 0 Å². The number of hydrogen-bond acceptors (Lipinski definition) is 4. The molecule has 19 heavy (non-hydrogen) atoms. The SMILES string of the molecule is CCOC(=O)CCCCCNC(C)CN(CC)CC. The van der Waals surface area contributed by atoms with Crippen molar-refractivity contribution in [2.75, 3.05) is 32.8 Å². The zero-order valence-corrected chi connectivity index (χ0v) is 13.2. The molecule has 0 saturated carbocycles. The molecule has 4 nitrogen and oxygen atoms in total. The molecule has 4 heteroatoms. The van der Waals surface area contributed by atoms with Crippen LogP contribution in [0.25, 0.3) is 0 Å². The van der Waals surface area contributed by atoms with E-state index in [9.17, 15) is 4.79 Å². The molecule has 0 fully saturated rings. The molecule has 0 aliphatic carbocycles. The summed E-state index contributed by atoms with van der Waals surface area (Å²) < 4.78 is 4.90. The first-order valence-corrected chi connectivity index (χ1v) is 7.75. The number of esters is 1. The quantitative estimate of drug-likeness (QED) is 0.438. The van der Waals surface area contributed by atoms with Gasteiger partial charge < -0.3 is 15.0 Å². The van der Waals surface area contributed by atoms with Gasteiger partial charge in [0.25, 0.3) is 0 Å². The van der Waals surface area contributed by atoms with E-state index in [0.29, 0.717) is 19.1 Å². The second kappa shape index (κ2) is 12.4. The molecular formula is C15H32N2O2. The number of unbranched alkanes of at least 4 members (excludes halogenated alkanes) is 2.